The Kier molecular flexibility index (Phi) is 6.99. The van der Waals surface area contributed by atoms with E-state index >= 15 is 0 Å². The van der Waals surface area contributed by atoms with Gasteiger partial charge in [-0.15, -0.1) is 0 Å². The summed E-state index contributed by atoms with van der Waals surface area (Å²) in [5.74, 6) is 0.882. The smallest absolute Gasteiger partial charge is 0.0113 e. The molecule has 0 bridgehead atoms. The summed E-state index contributed by atoms with van der Waals surface area (Å²) in [6.07, 6.45) is 7.67. The minimum Gasteiger partial charge on any atom is -0.311 e. The molecule has 2 aliphatic rings. The lowest BCUT2D eigenvalue weighted by molar-refractivity contribution is 0.300. The Morgan fingerprint density at radius 2 is 1.32 bits per heavy atom. The summed E-state index contributed by atoms with van der Waals surface area (Å²) in [5.41, 5.74) is 6.74. The van der Waals surface area contributed by atoms with Crippen LogP contribution >= 0.6 is 0 Å². The molecule has 0 amide bonds. The van der Waals surface area contributed by atoms with Gasteiger partial charge in [0.05, 0.1) is 0 Å². The highest BCUT2D eigenvalue weighted by Gasteiger charge is 2.25. The summed E-state index contributed by atoms with van der Waals surface area (Å²) in [6.45, 7) is 11.5. The van der Waals surface area contributed by atoms with E-state index in [-0.39, 0.29) is 0 Å². The number of hydrogen-bond acceptors (Lipinski definition) is 1. The molecule has 0 heterocycles. The third-order valence-corrected chi connectivity index (χ3v) is 5.95. The second kappa shape index (κ2) is 9.27. The van der Waals surface area contributed by atoms with Crippen molar-refractivity contribution < 1.29 is 0 Å². The van der Waals surface area contributed by atoms with E-state index in [1.807, 2.05) is 0 Å². The Morgan fingerprint density at radius 1 is 0.821 bits per heavy atom. The van der Waals surface area contributed by atoms with Gasteiger partial charge in [0.15, 0.2) is 0 Å². The molecule has 0 radical (unpaired) electrons. The van der Waals surface area contributed by atoms with Gasteiger partial charge in [-0.2, -0.15) is 0 Å². The van der Waals surface area contributed by atoms with Gasteiger partial charge >= 0.3 is 0 Å². The highest BCUT2D eigenvalue weighted by atomic mass is 14.9. The number of benzene rings is 2. The SMILES string of the molecule is CC(C)(C)CC1Cc2ccccc2C1.CC(C)NC1CCc2ccccc2C1. The minimum absolute atomic E-state index is 0.479. The van der Waals surface area contributed by atoms with Gasteiger partial charge in [-0.25, -0.2) is 0 Å². The highest BCUT2D eigenvalue weighted by molar-refractivity contribution is 5.32. The van der Waals surface area contributed by atoms with Gasteiger partial charge < -0.3 is 5.32 Å². The van der Waals surface area contributed by atoms with Gasteiger partial charge in [0.1, 0.15) is 0 Å². The largest absolute Gasteiger partial charge is 0.311 e. The summed E-state index contributed by atoms with van der Waals surface area (Å²) < 4.78 is 0. The summed E-state index contributed by atoms with van der Waals surface area (Å²) >= 11 is 0. The van der Waals surface area contributed by atoms with Crippen LogP contribution in [0.25, 0.3) is 0 Å². The number of nitrogens with one attached hydrogen (secondary N) is 1. The van der Waals surface area contributed by atoms with Crippen molar-refractivity contribution in [1.29, 1.82) is 0 Å². The molecule has 1 unspecified atom stereocenters. The number of hydrogen-bond donors (Lipinski definition) is 1. The maximum Gasteiger partial charge on any atom is 0.0113 e. The van der Waals surface area contributed by atoms with E-state index in [1.54, 1.807) is 16.7 Å². The molecule has 0 fully saturated rings. The first-order valence-electron chi connectivity index (χ1n) is 11.2. The Bertz CT molecular complexity index is 728. The lowest BCUT2D eigenvalue weighted by Crippen LogP contribution is -2.38. The van der Waals surface area contributed by atoms with Gasteiger partial charge in [0, 0.05) is 12.1 Å². The van der Waals surface area contributed by atoms with Crippen LogP contribution in [0.15, 0.2) is 48.5 Å². The van der Waals surface area contributed by atoms with Crippen molar-refractivity contribution in [3.63, 3.8) is 0 Å². The van der Waals surface area contributed by atoms with Gasteiger partial charge in [-0.3, -0.25) is 0 Å². The fourth-order valence-electron chi connectivity index (χ4n) is 4.97. The van der Waals surface area contributed by atoms with Crippen LogP contribution in [0.5, 0.6) is 0 Å². The molecule has 2 aliphatic carbocycles. The van der Waals surface area contributed by atoms with Crippen molar-refractivity contribution in [2.75, 3.05) is 0 Å². The molecule has 1 heteroatoms. The number of fused-ring (bicyclic) bond motifs is 2. The van der Waals surface area contributed by atoms with Crippen LogP contribution < -0.4 is 5.32 Å². The van der Waals surface area contributed by atoms with Gasteiger partial charge in [0.2, 0.25) is 0 Å². The second-order valence-corrected chi connectivity index (χ2v) is 10.3. The van der Waals surface area contributed by atoms with E-state index < -0.39 is 0 Å². The molecule has 152 valence electrons. The molecule has 0 saturated carbocycles. The van der Waals surface area contributed by atoms with E-state index in [0.29, 0.717) is 17.5 Å². The molecule has 1 atom stereocenters. The Morgan fingerprint density at radius 3 is 1.82 bits per heavy atom. The first kappa shape index (κ1) is 21.1. The predicted octanol–water partition coefficient (Wildman–Crippen LogP) is 6.38. The summed E-state index contributed by atoms with van der Waals surface area (Å²) in [5, 5.41) is 3.62. The van der Waals surface area contributed by atoms with Crippen LogP contribution in [0.1, 0.15) is 69.7 Å². The molecule has 4 rings (SSSR count). The third-order valence-electron chi connectivity index (χ3n) is 5.95. The van der Waals surface area contributed by atoms with E-state index in [4.69, 9.17) is 0 Å². The van der Waals surface area contributed by atoms with Crippen LogP contribution in [0.3, 0.4) is 0 Å². The Hall–Kier alpha value is -1.60. The normalized spacial score (nSPS) is 19.0. The number of aryl methyl sites for hydroxylation is 1. The molecule has 2 aromatic rings. The van der Waals surface area contributed by atoms with Crippen molar-refractivity contribution in [2.24, 2.45) is 11.3 Å². The highest BCUT2D eigenvalue weighted by Crippen LogP contribution is 2.34. The molecular weight excluding hydrogens is 338 g/mol. The van der Waals surface area contributed by atoms with Crippen molar-refractivity contribution in [3.8, 4) is 0 Å². The van der Waals surface area contributed by atoms with Crippen molar-refractivity contribution in [3.05, 3.63) is 70.8 Å². The van der Waals surface area contributed by atoms with Gasteiger partial charge in [-0.1, -0.05) is 83.1 Å². The topological polar surface area (TPSA) is 12.0 Å². The quantitative estimate of drug-likeness (QED) is 0.654. The van der Waals surface area contributed by atoms with Crippen LogP contribution in [0, 0.1) is 11.3 Å². The average Bonchev–Trinajstić information content (AvgIpc) is 3.02. The Labute approximate surface area is 173 Å². The summed E-state index contributed by atoms with van der Waals surface area (Å²) in [4.78, 5) is 0. The fourth-order valence-corrected chi connectivity index (χ4v) is 4.97. The first-order chi connectivity index (χ1) is 13.3. The van der Waals surface area contributed by atoms with Crippen molar-refractivity contribution in [2.45, 2.75) is 85.2 Å². The lowest BCUT2D eigenvalue weighted by atomic mass is 9.83. The predicted molar refractivity (Wildman–Crippen MR) is 122 cm³/mol. The number of rotatable bonds is 3. The van der Waals surface area contributed by atoms with Crippen molar-refractivity contribution in [1.82, 2.24) is 5.32 Å². The minimum atomic E-state index is 0.479. The van der Waals surface area contributed by atoms with Crippen molar-refractivity contribution >= 4 is 0 Å². The third kappa shape index (κ3) is 6.21. The summed E-state index contributed by atoms with van der Waals surface area (Å²) in [6, 6.07) is 19.0. The van der Waals surface area contributed by atoms with Gasteiger partial charge in [0.25, 0.3) is 0 Å². The molecule has 1 N–H and O–H groups in total. The van der Waals surface area contributed by atoms with Crippen LogP contribution in [-0.4, -0.2) is 12.1 Å². The molecule has 1 nitrogen and oxygen atoms in total. The zero-order valence-electron chi connectivity index (χ0n) is 18.6. The first-order valence-corrected chi connectivity index (χ1v) is 11.2. The fraction of sp³-hybridized carbons (Fsp3) is 0.556. The van der Waals surface area contributed by atoms with E-state index in [0.717, 1.165) is 5.92 Å². The average molecular weight is 378 g/mol. The maximum absolute atomic E-state index is 3.62. The van der Waals surface area contributed by atoms with Crippen LogP contribution in [0.2, 0.25) is 0 Å². The molecule has 28 heavy (non-hydrogen) atoms. The molecule has 0 aliphatic heterocycles. The van der Waals surface area contributed by atoms with Crippen LogP contribution in [0.4, 0.5) is 0 Å². The Balaban J connectivity index is 0.000000161. The standard InChI is InChI=1S/C14H20.C13H19N/c1-14(2,3)10-11-8-12-6-4-5-7-13(12)9-11;1-10(2)14-13-8-7-11-5-3-4-6-12(11)9-13/h4-7,11H,8-10H2,1-3H3;3-6,10,13-14H,7-9H2,1-2H3. The second-order valence-electron chi connectivity index (χ2n) is 10.3. The van der Waals surface area contributed by atoms with E-state index in [9.17, 15) is 0 Å². The molecule has 0 spiro atoms. The van der Waals surface area contributed by atoms with Crippen LogP contribution in [-0.2, 0) is 25.7 Å². The summed E-state index contributed by atoms with van der Waals surface area (Å²) in [7, 11) is 0. The zero-order valence-corrected chi connectivity index (χ0v) is 18.6. The van der Waals surface area contributed by atoms with E-state index in [2.05, 4.69) is 88.5 Å². The molecular formula is C27H39N. The lowest BCUT2D eigenvalue weighted by Gasteiger charge is -2.27. The molecule has 0 aromatic heterocycles. The van der Waals surface area contributed by atoms with Gasteiger partial charge in [-0.05, 0) is 72.1 Å². The monoisotopic (exact) mass is 377 g/mol. The molecule has 0 saturated heterocycles. The maximum atomic E-state index is 3.62. The molecule has 2 aromatic carbocycles. The zero-order chi connectivity index (χ0) is 20.1. The van der Waals surface area contributed by atoms with E-state index in [1.165, 1.54) is 44.1 Å².